The Labute approximate surface area is 70.2 Å². The maximum Gasteiger partial charge on any atom is 0.228 e. The fraction of sp³-hybridized carbons (Fsp3) is 0.200. The summed E-state index contributed by atoms with van der Waals surface area (Å²) in [6.45, 7) is 0. The third kappa shape index (κ3) is 0.961. The lowest BCUT2D eigenvalue weighted by atomic mass is 9.90. The van der Waals surface area contributed by atoms with Crippen LogP contribution < -0.4 is 0 Å². The topological polar surface area (TPSA) is 34.1 Å². The van der Waals surface area contributed by atoms with Crippen molar-refractivity contribution in [1.29, 1.82) is 0 Å². The van der Waals surface area contributed by atoms with Gasteiger partial charge in [0.15, 0.2) is 0 Å². The first-order chi connectivity index (χ1) is 5.79. The van der Waals surface area contributed by atoms with E-state index in [9.17, 15) is 9.59 Å². The van der Waals surface area contributed by atoms with Gasteiger partial charge in [0, 0.05) is 12.0 Å². The number of carbonyl (C=O) groups is 2. The number of Topliss-reactive ketones (excluding diaryl/α,β-unsaturated/α-hetero) is 2. The Kier molecular flexibility index (Phi) is 1.54. The van der Waals surface area contributed by atoms with E-state index >= 15 is 0 Å². The van der Waals surface area contributed by atoms with Gasteiger partial charge in [0.2, 0.25) is 11.6 Å². The zero-order valence-corrected chi connectivity index (χ0v) is 6.54. The number of ketones is 2. The molecule has 0 atom stereocenters. The molecule has 1 aromatic carbocycles. The van der Waals surface area contributed by atoms with Crippen LogP contribution in [-0.2, 0) is 11.2 Å². The van der Waals surface area contributed by atoms with Gasteiger partial charge in [0.05, 0.1) is 0 Å². The van der Waals surface area contributed by atoms with E-state index in [2.05, 4.69) is 0 Å². The number of hydrogen-bond donors (Lipinski definition) is 0. The molecule has 0 radical (unpaired) electrons. The minimum absolute atomic E-state index is 0.256. The fourth-order valence-corrected chi connectivity index (χ4v) is 1.47. The lowest BCUT2D eigenvalue weighted by Crippen LogP contribution is -2.21. The van der Waals surface area contributed by atoms with Crippen LogP contribution in [0, 0.1) is 0 Å². The van der Waals surface area contributed by atoms with Crippen LogP contribution >= 0.6 is 0 Å². The standard InChI is InChI=1S/C10H8O2/c11-9-6-5-7-3-1-2-4-8(7)10(9)12/h1-4H,5-6H2. The first-order valence-electron chi connectivity index (χ1n) is 3.94. The molecule has 2 heteroatoms. The molecule has 0 amide bonds. The fourth-order valence-electron chi connectivity index (χ4n) is 1.47. The van der Waals surface area contributed by atoms with Crippen molar-refractivity contribution in [2.45, 2.75) is 12.8 Å². The van der Waals surface area contributed by atoms with Crippen LogP contribution in [0.15, 0.2) is 24.3 Å². The van der Waals surface area contributed by atoms with Crippen molar-refractivity contribution < 1.29 is 9.59 Å². The van der Waals surface area contributed by atoms with E-state index in [4.69, 9.17) is 0 Å². The van der Waals surface area contributed by atoms with Crippen LogP contribution in [0.4, 0.5) is 0 Å². The first kappa shape index (κ1) is 7.22. The average Bonchev–Trinajstić information content (AvgIpc) is 2.12. The predicted molar refractivity (Wildman–Crippen MR) is 44.1 cm³/mol. The maximum absolute atomic E-state index is 11.3. The van der Waals surface area contributed by atoms with Gasteiger partial charge in [-0.1, -0.05) is 24.3 Å². The van der Waals surface area contributed by atoms with Crippen molar-refractivity contribution in [2.75, 3.05) is 0 Å². The summed E-state index contributed by atoms with van der Waals surface area (Å²) in [4.78, 5) is 22.3. The summed E-state index contributed by atoms with van der Waals surface area (Å²) < 4.78 is 0. The van der Waals surface area contributed by atoms with Gasteiger partial charge in [-0.25, -0.2) is 0 Å². The third-order valence-electron chi connectivity index (χ3n) is 2.14. The molecule has 0 saturated heterocycles. The van der Waals surface area contributed by atoms with Crippen LogP contribution in [0.5, 0.6) is 0 Å². The summed E-state index contributed by atoms with van der Waals surface area (Å²) in [7, 11) is 0. The normalized spacial score (nSPS) is 16.0. The summed E-state index contributed by atoms with van der Waals surface area (Å²) >= 11 is 0. The van der Waals surface area contributed by atoms with Gasteiger partial charge in [-0.15, -0.1) is 0 Å². The van der Waals surface area contributed by atoms with E-state index < -0.39 is 0 Å². The van der Waals surface area contributed by atoms with Gasteiger partial charge in [-0.2, -0.15) is 0 Å². The van der Waals surface area contributed by atoms with Crippen LogP contribution in [0.1, 0.15) is 22.3 Å². The average molecular weight is 160 g/mol. The molecular weight excluding hydrogens is 152 g/mol. The molecule has 0 spiro atoms. The Balaban J connectivity index is 2.56. The van der Waals surface area contributed by atoms with Crippen LogP contribution in [0.3, 0.4) is 0 Å². The monoisotopic (exact) mass is 160 g/mol. The highest BCUT2D eigenvalue weighted by Crippen LogP contribution is 2.18. The Bertz CT molecular complexity index is 353. The molecule has 0 aliphatic heterocycles. The molecule has 2 rings (SSSR count). The number of rotatable bonds is 0. The highest BCUT2D eigenvalue weighted by Gasteiger charge is 2.23. The van der Waals surface area contributed by atoms with Gasteiger partial charge in [0.25, 0.3) is 0 Å². The van der Waals surface area contributed by atoms with E-state index in [0.29, 0.717) is 18.4 Å². The minimum atomic E-state index is -0.322. The molecule has 0 fully saturated rings. The largest absolute Gasteiger partial charge is 0.290 e. The summed E-state index contributed by atoms with van der Waals surface area (Å²) in [5.74, 6) is -0.578. The van der Waals surface area contributed by atoms with E-state index in [0.717, 1.165) is 5.56 Å². The van der Waals surface area contributed by atoms with Crippen molar-refractivity contribution in [3.63, 3.8) is 0 Å². The number of hydrogen-bond acceptors (Lipinski definition) is 2. The molecule has 1 aliphatic carbocycles. The smallest absolute Gasteiger partial charge is 0.228 e. The van der Waals surface area contributed by atoms with Crippen molar-refractivity contribution in [2.24, 2.45) is 0 Å². The van der Waals surface area contributed by atoms with Crippen molar-refractivity contribution in [3.05, 3.63) is 35.4 Å². The molecule has 12 heavy (non-hydrogen) atoms. The van der Waals surface area contributed by atoms with E-state index in [1.165, 1.54) is 0 Å². The second-order valence-corrected chi connectivity index (χ2v) is 2.91. The quantitative estimate of drug-likeness (QED) is 0.537. The summed E-state index contributed by atoms with van der Waals surface area (Å²) in [5, 5.41) is 0. The minimum Gasteiger partial charge on any atom is -0.290 e. The lowest BCUT2D eigenvalue weighted by Gasteiger charge is -2.11. The lowest BCUT2D eigenvalue weighted by molar-refractivity contribution is -0.115. The summed E-state index contributed by atoms with van der Waals surface area (Å²) in [6.07, 6.45) is 1.08. The van der Waals surface area contributed by atoms with E-state index in [-0.39, 0.29) is 11.6 Å². The third-order valence-corrected chi connectivity index (χ3v) is 2.14. The second kappa shape index (κ2) is 2.55. The zero-order valence-electron chi connectivity index (χ0n) is 6.54. The van der Waals surface area contributed by atoms with Gasteiger partial charge < -0.3 is 0 Å². The molecule has 0 N–H and O–H groups in total. The van der Waals surface area contributed by atoms with Crippen LogP contribution in [0.25, 0.3) is 0 Å². The van der Waals surface area contributed by atoms with E-state index in [1.54, 1.807) is 12.1 Å². The zero-order chi connectivity index (χ0) is 8.55. The van der Waals surface area contributed by atoms with Gasteiger partial charge in [-0.3, -0.25) is 9.59 Å². The molecular formula is C10H8O2. The van der Waals surface area contributed by atoms with E-state index in [1.807, 2.05) is 12.1 Å². The molecule has 1 aliphatic rings. The molecule has 1 aromatic rings. The number of benzene rings is 1. The molecule has 2 nitrogen and oxygen atoms in total. The molecule has 60 valence electrons. The highest BCUT2D eigenvalue weighted by atomic mass is 16.2. The molecule has 0 saturated carbocycles. The van der Waals surface area contributed by atoms with Crippen molar-refractivity contribution in [1.82, 2.24) is 0 Å². The molecule has 0 aromatic heterocycles. The van der Waals surface area contributed by atoms with Gasteiger partial charge in [0.1, 0.15) is 0 Å². The SMILES string of the molecule is O=C1CCc2ccccc2C1=O. The van der Waals surface area contributed by atoms with Crippen molar-refractivity contribution in [3.8, 4) is 0 Å². The van der Waals surface area contributed by atoms with Crippen LogP contribution in [-0.4, -0.2) is 11.6 Å². The maximum atomic E-state index is 11.3. The summed E-state index contributed by atoms with van der Waals surface area (Å²) in [5.41, 5.74) is 1.59. The predicted octanol–water partition coefficient (Wildman–Crippen LogP) is 1.38. The van der Waals surface area contributed by atoms with Crippen molar-refractivity contribution >= 4 is 11.6 Å². The number of carbonyl (C=O) groups excluding carboxylic acids is 2. The number of aryl methyl sites for hydroxylation is 1. The van der Waals surface area contributed by atoms with Crippen LogP contribution in [0.2, 0.25) is 0 Å². The molecule has 0 bridgehead atoms. The second-order valence-electron chi connectivity index (χ2n) is 2.91. The van der Waals surface area contributed by atoms with Gasteiger partial charge >= 0.3 is 0 Å². The highest BCUT2D eigenvalue weighted by molar-refractivity contribution is 6.44. The first-order valence-corrected chi connectivity index (χ1v) is 3.94. The number of fused-ring (bicyclic) bond motifs is 1. The van der Waals surface area contributed by atoms with Gasteiger partial charge in [-0.05, 0) is 12.0 Å². The Hall–Kier alpha value is -1.44. The molecule has 0 heterocycles. The summed E-state index contributed by atoms with van der Waals surface area (Å²) in [6, 6.07) is 7.30. The Morgan fingerprint density at radius 2 is 1.75 bits per heavy atom. The molecule has 0 unspecified atom stereocenters. The Morgan fingerprint density at radius 1 is 1.00 bits per heavy atom. The Morgan fingerprint density at radius 3 is 2.58 bits per heavy atom.